The first-order chi connectivity index (χ1) is 12.2. The topological polar surface area (TPSA) is 76.4 Å². The molecule has 0 saturated carbocycles. The van der Waals surface area contributed by atoms with Crippen molar-refractivity contribution < 1.29 is 4.79 Å². The van der Waals surface area contributed by atoms with Gasteiger partial charge in [0.2, 0.25) is 0 Å². The van der Waals surface area contributed by atoms with E-state index in [1.165, 1.54) is 21.9 Å². The average Bonchev–Trinajstić information content (AvgIpc) is 3.12. The van der Waals surface area contributed by atoms with Crippen LogP contribution in [0.25, 0.3) is 15.9 Å². The van der Waals surface area contributed by atoms with Gasteiger partial charge in [-0.05, 0) is 18.1 Å². The monoisotopic (exact) mass is 350 g/mol. The quantitative estimate of drug-likeness (QED) is 0.613. The maximum atomic E-state index is 12.3. The lowest BCUT2D eigenvalue weighted by Crippen LogP contribution is -2.32. The predicted octanol–water partition coefficient (Wildman–Crippen LogP) is 2.28. The number of aromatic nitrogens is 3. The molecular weight excluding hydrogens is 336 g/mol. The number of para-hydroxylation sites is 1. The number of carbonyl (C=O) groups is 1. The summed E-state index contributed by atoms with van der Waals surface area (Å²) in [4.78, 5) is 33.7. The predicted molar refractivity (Wildman–Crippen MR) is 97.1 cm³/mol. The molecule has 1 amide bonds. The Kier molecular flexibility index (Phi) is 3.99. The number of hydrogen-bond donors (Lipinski definition) is 1. The molecule has 4 aromatic rings. The van der Waals surface area contributed by atoms with Crippen LogP contribution < -0.4 is 10.9 Å². The van der Waals surface area contributed by atoms with E-state index < -0.39 is 5.91 Å². The number of benzene rings is 1. The minimum atomic E-state index is -0.411. The van der Waals surface area contributed by atoms with Gasteiger partial charge in [0.1, 0.15) is 5.56 Å². The van der Waals surface area contributed by atoms with E-state index in [9.17, 15) is 9.59 Å². The normalized spacial score (nSPS) is 11.0. The molecule has 0 saturated heterocycles. The Balaban J connectivity index is 1.50. The summed E-state index contributed by atoms with van der Waals surface area (Å²) in [5.41, 5.74) is 1.68. The molecule has 0 bridgehead atoms. The first-order valence-electron chi connectivity index (χ1n) is 7.80. The number of nitrogens with one attached hydrogen (secondary N) is 1. The highest BCUT2D eigenvalue weighted by Crippen LogP contribution is 2.16. The minimum absolute atomic E-state index is 0.0481. The lowest BCUT2D eigenvalue weighted by Gasteiger charge is -2.07. The van der Waals surface area contributed by atoms with E-state index in [0.717, 1.165) is 16.5 Å². The number of amides is 1. The number of rotatable bonds is 4. The molecular formula is C18H14N4O2S. The van der Waals surface area contributed by atoms with Crippen LogP contribution in [0.5, 0.6) is 0 Å². The van der Waals surface area contributed by atoms with Gasteiger partial charge < -0.3 is 5.32 Å². The van der Waals surface area contributed by atoms with E-state index in [0.29, 0.717) is 17.9 Å². The molecule has 124 valence electrons. The molecule has 0 aliphatic heterocycles. The van der Waals surface area contributed by atoms with Crippen LogP contribution in [0.4, 0.5) is 0 Å². The fraction of sp³-hybridized carbons (Fsp3) is 0.111. The highest BCUT2D eigenvalue weighted by Gasteiger charge is 2.13. The summed E-state index contributed by atoms with van der Waals surface area (Å²) in [5.74, 6) is -0.411. The molecule has 0 unspecified atom stereocenters. The molecule has 0 aliphatic rings. The molecule has 7 heteroatoms. The molecule has 6 nitrogen and oxygen atoms in total. The third kappa shape index (κ3) is 2.89. The summed E-state index contributed by atoms with van der Waals surface area (Å²) in [6.07, 6.45) is 5.35. The largest absolute Gasteiger partial charge is 0.351 e. The maximum Gasteiger partial charge on any atom is 0.271 e. The van der Waals surface area contributed by atoms with Gasteiger partial charge in [-0.1, -0.05) is 24.3 Å². The molecule has 1 N–H and O–H groups in total. The van der Waals surface area contributed by atoms with E-state index in [-0.39, 0.29) is 11.1 Å². The van der Waals surface area contributed by atoms with Gasteiger partial charge in [-0.2, -0.15) is 0 Å². The second kappa shape index (κ2) is 6.45. The van der Waals surface area contributed by atoms with Gasteiger partial charge >= 0.3 is 0 Å². The van der Waals surface area contributed by atoms with Crippen LogP contribution in [0.15, 0.2) is 59.1 Å². The standard InChI is InChI=1S/C18H14N4O2S/c23-16(14-11-21-18-22(17(14)24)9-10-25-18)20-8-6-13-4-1-3-12-5-2-7-19-15(12)13/h1-5,7,9-11H,6,8H2,(H,20,23). The van der Waals surface area contributed by atoms with Crippen LogP contribution in [0.3, 0.4) is 0 Å². The van der Waals surface area contributed by atoms with Gasteiger partial charge in [0, 0.05) is 35.9 Å². The van der Waals surface area contributed by atoms with Crippen LogP contribution in [-0.4, -0.2) is 26.8 Å². The summed E-state index contributed by atoms with van der Waals surface area (Å²) in [6, 6.07) is 9.88. The zero-order chi connectivity index (χ0) is 17.2. The van der Waals surface area contributed by atoms with Gasteiger partial charge in [-0.25, -0.2) is 4.98 Å². The zero-order valence-electron chi connectivity index (χ0n) is 13.2. The van der Waals surface area contributed by atoms with Crippen molar-refractivity contribution >= 4 is 33.1 Å². The number of pyridine rings is 1. The van der Waals surface area contributed by atoms with E-state index in [1.54, 1.807) is 17.8 Å². The van der Waals surface area contributed by atoms with Crippen molar-refractivity contribution in [3.8, 4) is 0 Å². The van der Waals surface area contributed by atoms with Crippen LogP contribution in [0.1, 0.15) is 15.9 Å². The summed E-state index contributed by atoms with van der Waals surface area (Å²) in [6.45, 7) is 0.417. The minimum Gasteiger partial charge on any atom is -0.351 e. The number of thiazole rings is 1. The third-order valence-electron chi connectivity index (χ3n) is 3.98. The fourth-order valence-electron chi connectivity index (χ4n) is 2.76. The molecule has 0 aliphatic carbocycles. The van der Waals surface area contributed by atoms with E-state index in [1.807, 2.05) is 30.3 Å². The Morgan fingerprint density at radius 2 is 2.08 bits per heavy atom. The van der Waals surface area contributed by atoms with Crippen LogP contribution in [-0.2, 0) is 6.42 Å². The molecule has 3 aromatic heterocycles. The molecule has 3 heterocycles. The van der Waals surface area contributed by atoms with Crippen molar-refractivity contribution in [2.24, 2.45) is 0 Å². The van der Waals surface area contributed by atoms with Crippen LogP contribution >= 0.6 is 11.3 Å². The fourth-order valence-corrected chi connectivity index (χ4v) is 3.43. The Labute approximate surface area is 146 Å². The highest BCUT2D eigenvalue weighted by atomic mass is 32.1. The van der Waals surface area contributed by atoms with Gasteiger partial charge in [0.15, 0.2) is 4.96 Å². The number of nitrogens with zero attached hydrogens (tertiary/aromatic N) is 3. The average molecular weight is 350 g/mol. The summed E-state index contributed by atoms with van der Waals surface area (Å²) in [5, 5.41) is 5.62. The first kappa shape index (κ1) is 15.5. The lowest BCUT2D eigenvalue weighted by molar-refractivity contribution is 0.0952. The SMILES string of the molecule is O=C(NCCc1cccc2cccnc12)c1cnc2sccn2c1=O. The van der Waals surface area contributed by atoms with Crippen molar-refractivity contribution in [3.63, 3.8) is 0 Å². The smallest absolute Gasteiger partial charge is 0.271 e. The molecule has 4 rings (SSSR count). The highest BCUT2D eigenvalue weighted by molar-refractivity contribution is 7.15. The Morgan fingerprint density at radius 3 is 3.00 bits per heavy atom. The molecule has 1 aromatic carbocycles. The van der Waals surface area contributed by atoms with Crippen LogP contribution in [0.2, 0.25) is 0 Å². The number of carbonyl (C=O) groups excluding carboxylic acids is 1. The summed E-state index contributed by atoms with van der Waals surface area (Å²) in [7, 11) is 0. The Hall–Kier alpha value is -3.06. The first-order valence-corrected chi connectivity index (χ1v) is 8.68. The Morgan fingerprint density at radius 1 is 1.20 bits per heavy atom. The Bertz CT molecular complexity index is 1130. The second-order valence-corrected chi connectivity index (χ2v) is 6.40. The van der Waals surface area contributed by atoms with Crippen molar-refractivity contribution in [2.75, 3.05) is 6.54 Å². The van der Waals surface area contributed by atoms with Crippen molar-refractivity contribution in [1.29, 1.82) is 0 Å². The number of fused-ring (bicyclic) bond motifs is 2. The number of hydrogen-bond acceptors (Lipinski definition) is 5. The van der Waals surface area contributed by atoms with Crippen molar-refractivity contribution in [1.82, 2.24) is 19.7 Å². The molecule has 0 fully saturated rings. The van der Waals surface area contributed by atoms with Gasteiger partial charge in [-0.3, -0.25) is 19.0 Å². The van der Waals surface area contributed by atoms with E-state index in [2.05, 4.69) is 15.3 Å². The van der Waals surface area contributed by atoms with E-state index >= 15 is 0 Å². The summed E-state index contributed by atoms with van der Waals surface area (Å²) < 4.78 is 1.38. The second-order valence-electron chi connectivity index (χ2n) is 5.53. The summed E-state index contributed by atoms with van der Waals surface area (Å²) >= 11 is 1.35. The zero-order valence-corrected chi connectivity index (χ0v) is 14.0. The van der Waals surface area contributed by atoms with Gasteiger partial charge in [0.05, 0.1) is 5.52 Å². The molecule has 0 atom stereocenters. The molecule has 25 heavy (non-hydrogen) atoms. The van der Waals surface area contributed by atoms with Crippen molar-refractivity contribution in [3.05, 3.63) is 75.8 Å². The van der Waals surface area contributed by atoms with Crippen molar-refractivity contribution in [2.45, 2.75) is 6.42 Å². The maximum absolute atomic E-state index is 12.3. The molecule has 0 spiro atoms. The van der Waals surface area contributed by atoms with Gasteiger partial charge in [0.25, 0.3) is 11.5 Å². The lowest BCUT2D eigenvalue weighted by atomic mass is 10.1. The molecule has 0 radical (unpaired) electrons. The van der Waals surface area contributed by atoms with E-state index in [4.69, 9.17) is 0 Å². The van der Waals surface area contributed by atoms with Gasteiger partial charge in [-0.15, -0.1) is 11.3 Å². The third-order valence-corrected chi connectivity index (χ3v) is 4.75. The van der Waals surface area contributed by atoms with Crippen LogP contribution in [0, 0.1) is 0 Å².